The Morgan fingerprint density at radius 3 is 2.25 bits per heavy atom. The Hall–Kier alpha value is -1.03. The van der Waals surface area contributed by atoms with E-state index in [1.165, 1.54) is 24.5 Å². The van der Waals surface area contributed by atoms with Gasteiger partial charge in [0.1, 0.15) is 5.25 Å². The average Bonchev–Trinajstić information content (AvgIpc) is 2.13. The molecule has 0 saturated heterocycles. The molecule has 16 heavy (non-hydrogen) atoms. The molecule has 0 aliphatic rings. The van der Waals surface area contributed by atoms with E-state index in [0.29, 0.717) is 0 Å². The molecule has 1 rings (SSSR count). The molecule has 1 aromatic heterocycles. The predicted molar refractivity (Wildman–Crippen MR) is 58.1 cm³/mol. The average molecular weight is 265 g/mol. The highest BCUT2D eigenvalue weighted by molar-refractivity contribution is 7.93. The molecule has 7 nitrogen and oxygen atoms in total. The Bertz CT molecular complexity index is 553. The van der Waals surface area contributed by atoms with Gasteiger partial charge in [-0.2, -0.15) is 0 Å². The van der Waals surface area contributed by atoms with Gasteiger partial charge in [-0.3, -0.25) is 4.98 Å². The molecule has 0 radical (unpaired) electrons. The fraction of sp³-hybridized carbons (Fsp3) is 0.286. The summed E-state index contributed by atoms with van der Waals surface area (Å²) >= 11 is 0. The maximum Gasteiger partial charge on any atom is 0.217 e. The van der Waals surface area contributed by atoms with Crippen LogP contribution in [-0.2, 0) is 20.0 Å². The van der Waals surface area contributed by atoms with E-state index in [0.717, 1.165) is 0 Å². The first-order chi connectivity index (χ1) is 7.20. The first-order valence-corrected chi connectivity index (χ1v) is 7.44. The molecule has 1 atom stereocenters. The Labute approximate surface area is 93.6 Å². The molecule has 0 aliphatic carbocycles. The van der Waals surface area contributed by atoms with E-state index in [9.17, 15) is 16.8 Å². The molecule has 1 heterocycles. The van der Waals surface area contributed by atoms with E-state index in [4.69, 9.17) is 10.3 Å². The Kier molecular flexibility index (Phi) is 3.63. The monoisotopic (exact) mass is 265 g/mol. The number of rotatable bonds is 4. The lowest BCUT2D eigenvalue weighted by Crippen LogP contribution is -2.31. The van der Waals surface area contributed by atoms with Crippen LogP contribution in [0.5, 0.6) is 0 Å². The lowest BCUT2D eigenvalue weighted by molar-refractivity contribution is 0.577. The normalized spacial score (nSPS) is 14.6. The van der Waals surface area contributed by atoms with Crippen LogP contribution in [0.3, 0.4) is 0 Å². The van der Waals surface area contributed by atoms with Gasteiger partial charge < -0.3 is 0 Å². The number of primary sulfonamides is 2. The Balaban J connectivity index is 3.19. The minimum Gasteiger partial charge on any atom is -0.264 e. The Morgan fingerprint density at radius 2 is 1.88 bits per heavy atom. The van der Waals surface area contributed by atoms with Gasteiger partial charge in [0.2, 0.25) is 20.0 Å². The van der Waals surface area contributed by atoms with Gasteiger partial charge in [0.15, 0.2) is 0 Å². The zero-order valence-electron chi connectivity index (χ0n) is 8.15. The SMILES string of the molecule is NS(=O)(=O)CC(c1cccnc1)S(N)(=O)=O. The van der Waals surface area contributed by atoms with Crippen LogP contribution in [0.15, 0.2) is 24.5 Å². The molecule has 9 heteroatoms. The van der Waals surface area contributed by atoms with E-state index in [-0.39, 0.29) is 5.56 Å². The van der Waals surface area contributed by atoms with Crippen molar-refractivity contribution < 1.29 is 16.8 Å². The van der Waals surface area contributed by atoms with E-state index in [1.807, 2.05) is 0 Å². The molecule has 1 aromatic rings. The van der Waals surface area contributed by atoms with Crippen LogP contribution in [0.2, 0.25) is 0 Å². The molecule has 0 amide bonds. The summed E-state index contributed by atoms with van der Waals surface area (Å²) in [5.41, 5.74) is 0.194. The number of nitrogens with zero attached hydrogens (tertiary/aromatic N) is 1. The van der Waals surface area contributed by atoms with Gasteiger partial charge in [-0.1, -0.05) is 6.07 Å². The summed E-state index contributed by atoms with van der Waals surface area (Å²) in [6.07, 6.45) is 2.67. The Morgan fingerprint density at radius 1 is 1.25 bits per heavy atom. The zero-order valence-corrected chi connectivity index (χ0v) is 9.78. The zero-order chi connectivity index (χ0) is 12.4. The summed E-state index contributed by atoms with van der Waals surface area (Å²) in [5, 5.41) is 8.35. The molecule has 0 fully saturated rings. The highest BCUT2D eigenvalue weighted by Crippen LogP contribution is 2.20. The van der Waals surface area contributed by atoms with E-state index >= 15 is 0 Å². The molecular weight excluding hydrogens is 254 g/mol. The number of nitrogens with two attached hydrogens (primary N) is 2. The number of aromatic nitrogens is 1. The van der Waals surface area contributed by atoms with Crippen molar-refractivity contribution in [2.24, 2.45) is 10.3 Å². The first-order valence-electron chi connectivity index (χ1n) is 4.12. The fourth-order valence-electron chi connectivity index (χ4n) is 1.16. The third-order valence-corrected chi connectivity index (χ3v) is 4.08. The van der Waals surface area contributed by atoms with Gasteiger partial charge in [-0.15, -0.1) is 0 Å². The van der Waals surface area contributed by atoms with Gasteiger partial charge in [-0.25, -0.2) is 27.1 Å². The van der Waals surface area contributed by atoms with Crippen LogP contribution in [0, 0.1) is 0 Å². The van der Waals surface area contributed by atoms with Crippen molar-refractivity contribution in [3.8, 4) is 0 Å². The summed E-state index contributed by atoms with van der Waals surface area (Å²) in [6.45, 7) is 0. The molecule has 0 aliphatic heterocycles. The number of sulfonamides is 2. The van der Waals surface area contributed by atoms with E-state index < -0.39 is 31.0 Å². The second-order valence-corrected chi connectivity index (χ2v) is 6.60. The molecule has 0 aromatic carbocycles. The quantitative estimate of drug-likeness (QED) is 0.698. The summed E-state index contributed by atoms with van der Waals surface area (Å²) < 4.78 is 44.3. The predicted octanol–water partition coefficient (Wildman–Crippen LogP) is -1.30. The molecule has 4 N–H and O–H groups in total. The second kappa shape index (κ2) is 4.45. The number of pyridine rings is 1. The van der Waals surface area contributed by atoms with E-state index in [1.54, 1.807) is 0 Å². The van der Waals surface area contributed by atoms with Crippen molar-refractivity contribution in [3.63, 3.8) is 0 Å². The maximum absolute atomic E-state index is 11.2. The van der Waals surface area contributed by atoms with Crippen molar-refractivity contribution in [3.05, 3.63) is 30.1 Å². The number of hydrogen-bond donors (Lipinski definition) is 2. The second-order valence-electron chi connectivity index (χ2n) is 3.19. The lowest BCUT2D eigenvalue weighted by Gasteiger charge is -2.12. The highest BCUT2D eigenvalue weighted by Gasteiger charge is 2.28. The third-order valence-electron chi connectivity index (χ3n) is 1.84. The first kappa shape index (κ1) is 13.0. The largest absolute Gasteiger partial charge is 0.264 e. The van der Waals surface area contributed by atoms with Gasteiger partial charge in [0.25, 0.3) is 0 Å². The number of hydrogen-bond acceptors (Lipinski definition) is 5. The van der Waals surface area contributed by atoms with Crippen LogP contribution >= 0.6 is 0 Å². The van der Waals surface area contributed by atoms with Crippen LogP contribution in [0.25, 0.3) is 0 Å². The minimum atomic E-state index is -4.05. The standard InChI is InChI=1S/C7H11N3O4S2/c8-15(11,12)5-7(16(9,13)14)6-2-1-3-10-4-6/h1-4,7H,5H2,(H2,8,11,12)(H2,9,13,14). The molecule has 0 bridgehead atoms. The summed E-state index contributed by atoms with van der Waals surface area (Å²) in [5.74, 6) is -0.766. The van der Waals surface area contributed by atoms with Gasteiger partial charge in [-0.05, 0) is 11.6 Å². The molecule has 0 saturated carbocycles. The van der Waals surface area contributed by atoms with Crippen molar-refractivity contribution in [1.29, 1.82) is 0 Å². The lowest BCUT2D eigenvalue weighted by atomic mass is 10.2. The van der Waals surface area contributed by atoms with Crippen molar-refractivity contribution in [1.82, 2.24) is 4.98 Å². The van der Waals surface area contributed by atoms with Crippen LogP contribution in [-0.4, -0.2) is 27.6 Å². The molecule has 0 spiro atoms. The molecular formula is C7H11N3O4S2. The van der Waals surface area contributed by atoms with Gasteiger partial charge in [0.05, 0.1) is 5.75 Å². The smallest absolute Gasteiger partial charge is 0.217 e. The maximum atomic E-state index is 11.2. The van der Waals surface area contributed by atoms with Gasteiger partial charge >= 0.3 is 0 Å². The summed E-state index contributed by atoms with van der Waals surface area (Å²) in [7, 11) is -7.99. The van der Waals surface area contributed by atoms with Crippen LogP contribution in [0.1, 0.15) is 10.8 Å². The minimum absolute atomic E-state index is 0.194. The van der Waals surface area contributed by atoms with Crippen molar-refractivity contribution >= 4 is 20.0 Å². The van der Waals surface area contributed by atoms with Crippen LogP contribution < -0.4 is 10.3 Å². The summed E-state index contributed by atoms with van der Waals surface area (Å²) in [4.78, 5) is 3.69. The summed E-state index contributed by atoms with van der Waals surface area (Å²) in [6, 6.07) is 2.91. The molecule has 90 valence electrons. The highest BCUT2D eigenvalue weighted by atomic mass is 32.2. The fourth-order valence-corrected chi connectivity index (χ4v) is 3.62. The van der Waals surface area contributed by atoms with Gasteiger partial charge in [0, 0.05) is 12.4 Å². The topological polar surface area (TPSA) is 133 Å². The van der Waals surface area contributed by atoms with Crippen LogP contribution in [0.4, 0.5) is 0 Å². The van der Waals surface area contributed by atoms with E-state index in [2.05, 4.69) is 4.98 Å². The van der Waals surface area contributed by atoms with Crippen molar-refractivity contribution in [2.45, 2.75) is 5.25 Å². The van der Waals surface area contributed by atoms with Crippen molar-refractivity contribution in [2.75, 3.05) is 5.75 Å². The molecule has 1 unspecified atom stereocenters. The third kappa shape index (κ3) is 3.85.